The maximum absolute atomic E-state index is 11.8. The molecule has 0 aromatic heterocycles. The van der Waals surface area contributed by atoms with Crippen LogP contribution in [0.4, 0.5) is 4.79 Å². The molecule has 5 nitrogen and oxygen atoms in total. The average molecular weight is 256 g/mol. The van der Waals surface area contributed by atoms with Crippen molar-refractivity contribution in [3.05, 3.63) is 12.7 Å². The molecule has 0 aliphatic heterocycles. The lowest BCUT2D eigenvalue weighted by atomic mass is 10.2. The Morgan fingerprint density at radius 1 is 1.28 bits per heavy atom. The van der Waals surface area contributed by atoms with Gasteiger partial charge in [0.25, 0.3) is 0 Å². The van der Waals surface area contributed by atoms with E-state index in [1.807, 2.05) is 13.8 Å². The van der Waals surface area contributed by atoms with Crippen LogP contribution in [0.3, 0.4) is 0 Å². The van der Waals surface area contributed by atoms with Crippen LogP contribution in [0.25, 0.3) is 0 Å². The minimum Gasteiger partial charge on any atom is -0.444 e. The predicted octanol–water partition coefficient (Wildman–Crippen LogP) is 1.98. The quantitative estimate of drug-likeness (QED) is 0.739. The Bertz CT molecular complexity index is 306. The molecular formula is C13H24N2O3. The van der Waals surface area contributed by atoms with E-state index in [-0.39, 0.29) is 11.9 Å². The van der Waals surface area contributed by atoms with Crippen LogP contribution in [0, 0.1) is 0 Å². The number of carbonyl (C=O) groups is 2. The van der Waals surface area contributed by atoms with Crippen molar-refractivity contribution >= 4 is 12.0 Å². The standard InChI is InChI=1S/C13H24N2O3/c1-7-8-10(11(16)14-9(2)3)15-12(17)18-13(4,5)6/h7,9-10H,1,8H2,2-6H3,(H,14,16)(H,15,17). The Balaban J connectivity index is 4.48. The molecule has 0 heterocycles. The number of rotatable bonds is 5. The third-order valence-electron chi connectivity index (χ3n) is 1.84. The Labute approximate surface area is 109 Å². The Kier molecular flexibility index (Phi) is 6.44. The van der Waals surface area contributed by atoms with Crippen LogP contribution >= 0.6 is 0 Å². The van der Waals surface area contributed by atoms with E-state index in [0.717, 1.165) is 0 Å². The first-order chi connectivity index (χ1) is 8.15. The SMILES string of the molecule is C=CCC(NC(=O)OC(C)(C)C)C(=O)NC(C)C. The number of hydrogen-bond donors (Lipinski definition) is 2. The second-order valence-corrected chi connectivity index (χ2v) is 5.39. The molecule has 5 heteroatoms. The molecule has 1 atom stereocenters. The summed E-state index contributed by atoms with van der Waals surface area (Å²) in [5.41, 5.74) is -0.586. The van der Waals surface area contributed by atoms with E-state index in [1.54, 1.807) is 26.8 Å². The van der Waals surface area contributed by atoms with E-state index in [9.17, 15) is 9.59 Å². The minimum atomic E-state index is -0.653. The first-order valence-electron chi connectivity index (χ1n) is 6.06. The van der Waals surface area contributed by atoms with Gasteiger partial charge in [0.1, 0.15) is 11.6 Å². The van der Waals surface area contributed by atoms with Gasteiger partial charge in [-0.2, -0.15) is 0 Å². The average Bonchev–Trinajstić information content (AvgIpc) is 2.12. The van der Waals surface area contributed by atoms with Crippen LogP contribution < -0.4 is 10.6 Å². The molecule has 0 saturated heterocycles. The van der Waals surface area contributed by atoms with Crippen LogP contribution in [0.5, 0.6) is 0 Å². The van der Waals surface area contributed by atoms with Gasteiger partial charge in [-0.05, 0) is 41.0 Å². The van der Waals surface area contributed by atoms with Crippen LogP contribution in [-0.2, 0) is 9.53 Å². The molecule has 0 rings (SSSR count). The van der Waals surface area contributed by atoms with Crippen LogP contribution in [0.1, 0.15) is 41.0 Å². The lowest BCUT2D eigenvalue weighted by Gasteiger charge is -2.23. The highest BCUT2D eigenvalue weighted by molar-refractivity contribution is 5.86. The summed E-state index contributed by atoms with van der Waals surface area (Å²) in [5, 5.41) is 5.27. The molecule has 0 aliphatic rings. The van der Waals surface area contributed by atoms with Crippen molar-refractivity contribution in [3.63, 3.8) is 0 Å². The third kappa shape index (κ3) is 7.70. The fraction of sp³-hybridized carbons (Fsp3) is 0.692. The normalized spacial score (nSPS) is 12.8. The molecule has 104 valence electrons. The van der Waals surface area contributed by atoms with Crippen LogP contribution in [0.2, 0.25) is 0 Å². The van der Waals surface area contributed by atoms with Gasteiger partial charge in [0.15, 0.2) is 0 Å². The minimum absolute atomic E-state index is 0.0188. The van der Waals surface area contributed by atoms with E-state index in [2.05, 4.69) is 17.2 Å². The molecule has 2 N–H and O–H groups in total. The van der Waals surface area contributed by atoms with Gasteiger partial charge in [0.2, 0.25) is 5.91 Å². The number of carbonyl (C=O) groups excluding carboxylic acids is 2. The highest BCUT2D eigenvalue weighted by Crippen LogP contribution is 2.07. The zero-order valence-electron chi connectivity index (χ0n) is 11.9. The highest BCUT2D eigenvalue weighted by Gasteiger charge is 2.23. The number of hydrogen-bond acceptors (Lipinski definition) is 3. The molecule has 0 radical (unpaired) electrons. The molecule has 2 amide bonds. The van der Waals surface area contributed by atoms with Gasteiger partial charge < -0.3 is 15.4 Å². The maximum Gasteiger partial charge on any atom is 0.408 e. The zero-order valence-corrected chi connectivity index (χ0v) is 11.9. The van der Waals surface area contributed by atoms with Gasteiger partial charge in [0.05, 0.1) is 0 Å². The molecule has 0 aromatic rings. The molecule has 0 aliphatic carbocycles. The zero-order chi connectivity index (χ0) is 14.3. The summed E-state index contributed by atoms with van der Waals surface area (Å²) >= 11 is 0. The molecule has 0 fully saturated rings. The molecule has 18 heavy (non-hydrogen) atoms. The number of ether oxygens (including phenoxy) is 1. The summed E-state index contributed by atoms with van der Waals surface area (Å²) in [6.07, 6.45) is 1.34. The Morgan fingerprint density at radius 3 is 2.22 bits per heavy atom. The van der Waals surface area contributed by atoms with Crippen LogP contribution in [0.15, 0.2) is 12.7 Å². The predicted molar refractivity (Wildman–Crippen MR) is 71.3 cm³/mol. The smallest absolute Gasteiger partial charge is 0.408 e. The maximum atomic E-state index is 11.8. The summed E-state index contributed by atoms with van der Waals surface area (Å²) < 4.78 is 5.11. The molecule has 0 spiro atoms. The molecule has 1 unspecified atom stereocenters. The topological polar surface area (TPSA) is 67.4 Å². The van der Waals surface area contributed by atoms with Crippen molar-refractivity contribution in [2.24, 2.45) is 0 Å². The molecule has 0 aromatic carbocycles. The Hall–Kier alpha value is -1.52. The summed E-state index contributed by atoms with van der Waals surface area (Å²) in [4.78, 5) is 23.4. The Morgan fingerprint density at radius 2 is 1.83 bits per heavy atom. The van der Waals surface area contributed by atoms with Gasteiger partial charge in [-0.15, -0.1) is 6.58 Å². The first-order valence-corrected chi connectivity index (χ1v) is 6.06. The van der Waals surface area contributed by atoms with Crippen molar-refractivity contribution in [1.29, 1.82) is 0 Å². The van der Waals surface area contributed by atoms with Gasteiger partial charge >= 0.3 is 6.09 Å². The van der Waals surface area contributed by atoms with E-state index in [1.165, 1.54) is 0 Å². The first kappa shape index (κ1) is 16.5. The van der Waals surface area contributed by atoms with Crippen molar-refractivity contribution in [3.8, 4) is 0 Å². The van der Waals surface area contributed by atoms with E-state index < -0.39 is 17.7 Å². The summed E-state index contributed by atoms with van der Waals surface area (Å²) in [7, 11) is 0. The van der Waals surface area contributed by atoms with Crippen LogP contribution in [-0.4, -0.2) is 29.7 Å². The van der Waals surface area contributed by atoms with Gasteiger partial charge in [-0.25, -0.2) is 4.79 Å². The van der Waals surface area contributed by atoms with E-state index in [4.69, 9.17) is 4.74 Å². The summed E-state index contributed by atoms with van der Waals surface area (Å²) in [5.74, 6) is -0.240. The lowest BCUT2D eigenvalue weighted by molar-refractivity contribution is -0.123. The number of amides is 2. The fourth-order valence-corrected chi connectivity index (χ4v) is 1.23. The second kappa shape index (κ2) is 7.03. The lowest BCUT2D eigenvalue weighted by Crippen LogP contribution is -2.49. The highest BCUT2D eigenvalue weighted by atomic mass is 16.6. The van der Waals surface area contributed by atoms with Crippen molar-refractivity contribution < 1.29 is 14.3 Å². The number of nitrogens with one attached hydrogen (secondary N) is 2. The fourth-order valence-electron chi connectivity index (χ4n) is 1.23. The van der Waals surface area contributed by atoms with E-state index >= 15 is 0 Å². The largest absolute Gasteiger partial charge is 0.444 e. The van der Waals surface area contributed by atoms with Gasteiger partial charge in [-0.3, -0.25) is 4.79 Å². The van der Waals surface area contributed by atoms with Crippen molar-refractivity contribution in [1.82, 2.24) is 10.6 Å². The molecule has 0 saturated carbocycles. The number of alkyl carbamates (subject to hydrolysis) is 1. The monoisotopic (exact) mass is 256 g/mol. The molecular weight excluding hydrogens is 232 g/mol. The summed E-state index contributed by atoms with van der Waals surface area (Å²) in [6.45, 7) is 12.6. The van der Waals surface area contributed by atoms with E-state index in [0.29, 0.717) is 6.42 Å². The third-order valence-corrected chi connectivity index (χ3v) is 1.84. The van der Waals surface area contributed by atoms with Gasteiger partial charge in [0, 0.05) is 6.04 Å². The molecule has 0 bridgehead atoms. The second-order valence-electron chi connectivity index (χ2n) is 5.39. The van der Waals surface area contributed by atoms with Crippen molar-refractivity contribution in [2.75, 3.05) is 0 Å². The van der Waals surface area contributed by atoms with Gasteiger partial charge in [-0.1, -0.05) is 6.08 Å². The summed E-state index contributed by atoms with van der Waals surface area (Å²) in [6, 6.07) is -0.634. The van der Waals surface area contributed by atoms with Crippen molar-refractivity contribution in [2.45, 2.75) is 58.7 Å².